The van der Waals surface area contributed by atoms with Crippen molar-refractivity contribution in [2.24, 2.45) is 0 Å². The molecule has 1 aromatic rings. The van der Waals surface area contributed by atoms with Crippen molar-refractivity contribution in [3.05, 3.63) is 34.1 Å². The SMILES string of the molecule is OC1=C(F)COc2cc(Br)ccc21. The van der Waals surface area contributed by atoms with E-state index < -0.39 is 5.83 Å². The van der Waals surface area contributed by atoms with Crippen LogP contribution < -0.4 is 4.74 Å². The highest BCUT2D eigenvalue weighted by molar-refractivity contribution is 9.10. The third-order valence-electron chi connectivity index (χ3n) is 1.81. The first-order valence-corrected chi connectivity index (χ1v) is 4.48. The zero-order valence-corrected chi connectivity index (χ0v) is 8.14. The van der Waals surface area contributed by atoms with Crippen LogP contribution in [0.5, 0.6) is 5.75 Å². The third-order valence-corrected chi connectivity index (χ3v) is 2.30. The molecule has 0 aliphatic carbocycles. The summed E-state index contributed by atoms with van der Waals surface area (Å²) in [5.41, 5.74) is 0.395. The quantitative estimate of drug-likeness (QED) is 0.761. The number of hydrogen-bond acceptors (Lipinski definition) is 2. The first-order valence-electron chi connectivity index (χ1n) is 3.69. The lowest BCUT2D eigenvalue weighted by atomic mass is 10.1. The van der Waals surface area contributed by atoms with Gasteiger partial charge in [-0.3, -0.25) is 0 Å². The number of fused-ring (bicyclic) bond motifs is 1. The highest BCUT2D eigenvalue weighted by atomic mass is 79.9. The number of benzene rings is 1. The molecule has 0 fully saturated rings. The van der Waals surface area contributed by atoms with Gasteiger partial charge in [-0.05, 0) is 18.2 Å². The number of rotatable bonds is 0. The van der Waals surface area contributed by atoms with Crippen LogP contribution in [0, 0.1) is 0 Å². The molecule has 1 heterocycles. The average molecular weight is 245 g/mol. The molecule has 0 atom stereocenters. The van der Waals surface area contributed by atoms with Gasteiger partial charge in [0.2, 0.25) is 0 Å². The molecule has 0 spiro atoms. The number of aliphatic hydroxyl groups excluding tert-OH is 1. The molecular formula is C9H6BrFO2. The Morgan fingerprint density at radius 1 is 1.46 bits per heavy atom. The molecule has 1 aliphatic heterocycles. The smallest absolute Gasteiger partial charge is 0.180 e. The van der Waals surface area contributed by atoms with Crippen LogP contribution in [-0.2, 0) is 0 Å². The van der Waals surface area contributed by atoms with Crippen LogP contribution in [0.1, 0.15) is 5.56 Å². The van der Waals surface area contributed by atoms with E-state index >= 15 is 0 Å². The second-order valence-corrected chi connectivity index (χ2v) is 3.60. The molecule has 1 aliphatic rings. The molecule has 0 saturated heterocycles. The lowest BCUT2D eigenvalue weighted by Gasteiger charge is -2.16. The van der Waals surface area contributed by atoms with Crippen molar-refractivity contribution in [1.29, 1.82) is 0 Å². The molecule has 1 aromatic carbocycles. The summed E-state index contributed by atoms with van der Waals surface area (Å²) in [5, 5.41) is 9.33. The zero-order chi connectivity index (χ0) is 9.42. The molecule has 13 heavy (non-hydrogen) atoms. The maximum Gasteiger partial charge on any atom is 0.180 e. The molecule has 1 N–H and O–H groups in total. The Labute approximate surface area is 82.8 Å². The van der Waals surface area contributed by atoms with E-state index in [0.717, 1.165) is 4.47 Å². The van der Waals surface area contributed by atoms with E-state index in [4.69, 9.17) is 4.74 Å². The lowest BCUT2D eigenvalue weighted by molar-refractivity contribution is 0.296. The minimum atomic E-state index is -0.630. The summed E-state index contributed by atoms with van der Waals surface area (Å²) in [6.07, 6.45) is 0. The van der Waals surface area contributed by atoms with Gasteiger partial charge < -0.3 is 9.84 Å². The van der Waals surface area contributed by atoms with Crippen molar-refractivity contribution in [3.63, 3.8) is 0 Å². The highest BCUT2D eigenvalue weighted by Gasteiger charge is 2.19. The second kappa shape index (κ2) is 3.03. The Morgan fingerprint density at radius 2 is 2.23 bits per heavy atom. The van der Waals surface area contributed by atoms with Crippen LogP contribution >= 0.6 is 15.9 Å². The van der Waals surface area contributed by atoms with E-state index in [9.17, 15) is 9.50 Å². The van der Waals surface area contributed by atoms with Crippen molar-refractivity contribution in [2.45, 2.75) is 0 Å². The average Bonchev–Trinajstić information content (AvgIpc) is 2.12. The molecule has 0 unspecified atom stereocenters. The molecule has 0 bridgehead atoms. The van der Waals surface area contributed by atoms with E-state index in [-0.39, 0.29) is 12.4 Å². The normalized spacial score (nSPS) is 15.2. The molecule has 0 amide bonds. The number of aliphatic hydroxyl groups is 1. The van der Waals surface area contributed by atoms with E-state index in [1.807, 2.05) is 0 Å². The molecule has 2 nitrogen and oxygen atoms in total. The molecule has 2 rings (SSSR count). The van der Waals surface area contributed by atoms with Crippen LogP contribution in [0.15, 0.2) is 28.5 Å². The minimum Gasteiger partial charge on any atom is -0.504 e. The molecule has 0 radical (unpaired) electrons. The summed E-state index contributed by atoms with van der Waals surface area (Å²) in [7, 11) is 0. The van der Waals surface area contributed by atoms with E-state index in [0.29, 0.717) is 11.3 Å². The summed E-state index contributed by atoms with van der Waals surface area (Å²) in [4.78, 5) is 0. The van der Waals surface area contributed by atoms with Gasteiger partial charge in [-0.25, -0.2) is 4.39 Å². The Bertz CT molecular complexity index is 387. The predicted octanol–water partition coefficient (Wildman–Crippen LogP) is 3.04. The maximum atomic E-state index is 12.8. The fourth-order valence-electron chi connectivity index (χ4n) is 1.17. The Morgan fingerprint density at radius 3 is 3.00 bits per heavy atom. The van der Waals surface area contributed by atoms with Gasteiger partial charge in [0.25, 0.3) is 0 Å². The molecular weight excluding hydrogens is 239 g/mol. The van der Waals surface area contributed by atoms with Gasteiger partial charge in [0.15, 0.2) is 11.6 Å². The number of hydrogen-bond donors (Lipinski definition) is 1. The zero-order valence-electron chi connectivity index (χ0n) is 6.55. The van der Waals surface area contributed by atoms with Gasteiger partial charge >= 0.3 is 0 Å². The monoisotopic (exact) mass is 244 g/mol. The van der Waals surface area contributed by atoms with Crippen molar-refractivity contribution in [1.82, 2.24) is 0 Å². The molecule has 68 valence electrons. The topological polar surface area (TPSA) is 29.5 Å². The van der Waals surface area contributed by atoms with Crippen LogP contribution in [0.3, 0.4) is 0 Å². The Balaban J connectivity index is 2.58. The summed E-state index contributed by atoms with van der Waals surface area (Å²) >= 11 is 3.25. The van der Waals surface area contributed by atoms with E-state index in [2.05, 4.69) is 15.9 Å². The second-order valence-electron chi connectivity index (χ2n) is 2.68. The number of ether oxygens (including phenoxy) is 1. The van der Waals surface area contributed by atoms with Gasteiger partial charge in [-0.15, -0.1) is 0 Å². The van der Waals surface area contributed by atoms with Crippen LogP contribution in [0.25, 0.3) is 5.76 Å². The summed E-state index contributed by atoms with van der Waals surface area (Å²) < 4.78 is 18.7. The summed E-state index contributed by atoms with van der Waals surface area (Å²) in [6.45, 7) is -0.199. The number of halogens is 2. The Kier molecular flexibility index (Phi) is 2.00. The predicted molar refractivity (Wildman–Crippen MR) is 50.3 cm³/mol. The van der Waals surface area contributed by atoms with Gasteiger partial charge in [0.1, 0.15) is 12.4 Å². The van der Waals surface area contributed by atoms with Crippen LogP contribution in [0.2, 0.25) is 0 Å². The fraction of sp³-hybridized carbons (Fsp3) is 0.111. The highest BCUT2D eigenvalue weighted by Crippen LogP contribution is 2.33. The van der Waals surface area contributed by atoms with E-state index in [1.54, 1.807) is 18.2 Å². The summed E-state index contributed by atoms with van der Waals surface area (Å²) in [6, 6.07) is 5.02. The Hall–Kier alpha value is -1.03. The maximum absolute atomic E-state index is 12.8. The first kappa shape index (κ1) is 8.56. The fourth-order valence-corrected chi connectivity index (χ4v) is 1.51. The van der Waals surface area contributed by atoms with Crippen molar-refractivity contribution in [2.75, 3.05) is 6.61 Å². The third kappa shape index (κ3) is 1.42. The largest absolute Gasteiger partial charge is 0.504 e. The summed E-state index contributed by atoms with van der Waals surface area (Å²) in [5.74, 6) is -0.461. The van der Waals surface area contributed by atoms with Crippen LogP contribution in [0.4, 0.5) is 4.39 Å². The van der Waals surface area contributed by atoms with Gasteiger partial charge in [0.05, 0.1) is 5.56 Å². The lowest BCUT2D eigenvalue weighted by Crippen LogP contribution is -2.08. The van der Waals surface area contributed by atoms with Gasteiger partial charge in [-0.2, -0.15) is 0 Å². The molecule has 4 heteroatoms. The molecule has 0 saturated carbocycles. The van der Waals surface area contributed by atoms with Crippen molar-refractivity contribution >= 4 is 21.7 Å². The minimum absolute atomic E-state index is 0.199. The van der Waals surface area contributed by atoms with Gasteiger partial charge in [-0.1, -0.05) is 15.9 Å². The van der Waals surface area contributed by atoms with Crippen molar-refractivity contribution in [3.8, 4) is 5.75 Å². The van der Waals surface area contributed by atoms with Gasteiger partial charge in [0, 0.05) is 4.47 Å². The standard InChI is InChI=1S/C9H6BrFO2/c10-5-1-2-6-8(3-5)13-4-7(11)9(6)12/h1-3,12H,4H2. The first-order chi connectivity index (χ1) is 6.18. The van der Waals surface area contributed by atoms with Crippen LogP contribution in [-0.4, -0.2) is 11.7 Å². The molecule has 0 aromatic heterocycles. The van der Waals surface area contributed by atoms with Crippen molar-refractivity contribution < 1.29 is 14.2 Å². The van der Waals surface area contributed by atoms with E-state index in [1.165, 1.54) is 0 Å².